The lowest BCUT2D eigenvalue weighted by Crippen LogP contribution is -2.42. The zero-order chi connectivity index (χ0) is 56.8. The molecule has 0 saturated carbocycles. The van der Waals surface area contributed by atoms with Crippen LogP contribution in [0.1, 0.15) is 168 Å². The van der Waals surface area contributed by atoms with Crippen molar-refractivity contribution in [1.82, 2.24) is 0 Å². The maximum atomic E-state index is 16.1. The van der Waals surface area contributed by atoms with Crippen LogP contribution in [0.25, 0.3) is 43.1 Å². The predicted octanol–water partition coefficient (Wildman–Crippen LogP) is 18.6. The van der Waals surface area contributed by atoms with Gasteiger partial charge in [-0.15, -0.1) is 0 Å². The second-order valence-corrected chi connectivity index (χ2v) is 23.0. The van der Waals surface area contributed by atoms with E-state index in [0.29, 0.717) is 89.0 Å². The highest BCUT2D eigenvalue weighted by molar-refractivity contribution is 6.48. The highest BCUT2D eigenvalue weighted by Gasteiger charge is 2.44. The molecule has 9 aromatic rings. The van der Waals surface area contributed by atoms with E-state index in [2.05, 4.69) is 67.5 Å². The Balaban J connectivity index is 1.25. The fraction of sp³-hybridized carbons (Fsp3) is 0.222. The molecule has 0 fully saturated rings. The molecular formula is C72H62N2O8. The highest BCUT2D eigenvalue weighted by atomic mass is 16.5. The third-order valence-electron chi connectivity index (χ3n) is 16.4. The third kappa shape index (κ3) is 8.36. The summed E-state index contributed by atoms with van der Waals surface area (Å²) in [6.07, 6.45) is 15.1. The molecule has 9 aromatic carbocycles. The van der Waals surface area contributed by atoms with E-state index in [9.17, 15) is 0 Å². The van der Waals surface area contributed by atoms with Gasteiger partial charge in [0, 0.05) is 43.1 Å². The number of ether oxygens (including phenoxy) is 4. The van der Waals surface area contributed by atoms with E-state index < -0.39 is 23.6 Å². The van der Waals surface area contributed by atoms with Crippen LogP contribution in [0.4, 0.5) is 11.4 Å². The quantitative estimate of drug-likeness (QED) is 0.0601. The Morgan fingerprint density at radius 1 is 0.341 bits per heavy atom. The van der Waals surface area contributed by atoms with Crippen molar-refractivity contribution < 1.29 is 38.1 Å². The van der Waals surface area contributed by atoms with Gasteiger partial charge in [0.1, 0.15) is 46.0 Å². The number of nitrogens with zero attached hydrogens (tertiary/aromatic N) is 2. The molecule has 0 radical (unpaired) electrons. The Morgan fingerprint density at radius 2 is 0.646 bits per heavy atom. The zero-order valence-corrected chi connectivity index (χ0v) is 47.3. The SMILES string of the molecule is CC(C)c1cccc(C(C)C)c1N1C(=O)c2cc(OC3=CCCC=C3)c3c4c(Oc5ccccc5)cc5c6c(cc(OC7=CCCC=C7)c(c7c(Oc8ccccc8)cc(c2c37)C1=O)c64)C(=O)N(c1c(C(C)C)cccc1C(C)C)C5=O. The van der Waals surface area contributed by atoms with Crippen LogP contribution >= 0.6 is 0 Å². The number of hydrogen-bond donors (Lipinski definition) is 0. The lowest BCUT2D eigenvalue weighted by atomic mass is 9.80. The van der Waals surface area contributed by atoms with E-state index in [1.54, 1.807) is 24.3 Å². The number of hydrogen-bond acceptors (Lipinski definition) is 8. The molecule has 10 nitrogen and oxygen atoms in total. The summed E-state index contributed by atoms with van der Waals surface area (Å²) in [6.45, 7) is 16.5. The van der Waals surface area contributed by atoms with Crippen LogP contribution in [-0.2, 0) is 0 Å². The molecule has 0 saturated heterocycles. The standard InChI is InChI=1S/C72H62N2O8/c1-39(2)47-31-21-32-48(40(3)4)67(47)73-69(75)51-35-55(79-43-23-13-9-14-24-43)61-63-57(81-45-27-17-11-18-28-45)37-53-60-54(72(78)74(71(53)77)68-49(41(5)6)33-22-34-50(68)42(7)8)38-58(82-46-29-19-12-20-30-46)64(66(60)63)62-56(80-44-25-15-10-16-26-44)36-52(70(73)76)59(51)65(61)62/h9,12-15,17,19-42H,10-11,16,18H2,1-8H3. The number of allylic oxidation sites excluding steroid dienone is 6. The summed E-state index contributed by atoms with van der Waals surface area (Å²) in [5.74, 6) is 0.967. The molecule has 4 aliphatic rings. The maximum absolute atomic E-state index is 16.1. The molecule has 0 aromatic heterocycles. The van der Waals surface area contributed by atoms with Gasteiger partial charge in [-0.1, -0.05) is 140 Å². The minimum absolute atomic E-state index is 0.0470. The Kier molecular flexibility index (Phi) is 12.9. The average molecular weight is 1080 g/mol. The molecule has 10 heteroatoms. The molecule has 0 bridgehead atoms. The first-order valence-electron chi connectivity index (χ1n) is 28.6. The van der Waals surface area contributed by atoms with E-state index in [4.69, 9.17) is 18.9 Å². The zero-order valence-electron chi connectivity index (χ0n) is 47.3. The third-order valence-corrected chi connectivity index (χ3v) is 16.4. The van der Waals surface area contributed by atoms with E-state index in [0.717, 1.165) is 47.9 Å². The predicted molar refractivity (Wildman–Crippen MR) is 326 cm³/mol. The van der Waals surface area contributed by atoms with Crippen LogP contribution in [0.3, 0.4) is 0 Å². The summed E-state index contributed by atoms with van der Waals surface area (Å²) in [5.41, 5.74) is 5.51. The van der Waals surface area contributed by atoms with Crippen LogP contribution in [0.15, 0.2) is 169 Å². The number of carbonyl (C=O) groups excluding carboxylic acids is 4. The summed E-state index contributed by atoms with van der Waals surface area (Å²) in [4.78, 5) is 67.2. The van der Waals surface area contributed by atoms with Crippen LogP contribution in [-0.4, -0.2) is 23.6 Å². The molecule has 0 N–H and O–H groups in total. The number of imide groups is 2. The first kappa shape index (κ1) is 52.1. The van der Waals surface area contributed by atoms with Crippen LogP contribution in [0, 0.1) is 0 Å². The lowest BCUT2D eigenvalue weighted by molar-refractivity contribution is 0.0877. The Labute approximate surface area is 476 Å². The monoisotopic (exact) mass is 1080 g/mol. The van der Waals surface area contributed by atoms with Crippen molar-refractivity contribution in [3.63, 3.8) is 0 Å². The molecule has 408 valence electrons. The fourth-order valence-electron chi connectivity index (χ4n) is 12.6. The molecule has 82 heavy (non-hydrogen) atoms. The van der Waals surface area contributed by atoms with Crippen molar-refractivity contribution in [2.75, 3.05) is 9.80 Å². The van der Waals surface area contributed by atoms with Gasteiger partial charge in [-0.2, -0.15) is 0 Å². The number of amides is 4. The summed E-state index contributed by atoms with van der Waals surface area (Å²) >= 11 is 0. The smallest absolute Gasteiger partial charge is 0.266 e. The highest BCUT2D eigenvalue weighted by Crippen LogP contribution is 2.58. The minimum atomic E-state index is -0.515. The number of fused-ring (bicyclic) bond motifs is 2. The van der Waals surface area contributed by atoms with Crippen molar-refractivity contribution in [3.05, 3.63) is 214 Å². The van der Waals surface area contributed by atoms with Gasteiger partial charge in [-0.05, 0) is 144 Å². The van der Waals surface area contributed by atoms with E-state index in [1.807, 2.05) is 121 Å². The molecule has 0 unspecified atom stereocenters. The van der Waals surface area contributed by atoms with Crippen molar-refractivity contribution in [2.45, 2.75) is 105 Å². The van der Waals surface area contributed by atoms with Crippen molar-refractivity contribution in [1.29, 1.82) is 0 Å². The molecule has 13 rings (SSSR count). The largest absolute Gasteiger partial charge is 0.457 e. The summed E-state index contributed by atoms with van der Waals surface area (Å²) < 4.78 is 28.7. The van der Waals surface area contributed by atoms with Gasteiger partial charge in [0.05, 0.1) is 33.6 Å². The van der Waals surface area contributed by atoms with Crippen molar-refractivity contribution in [2.24, 2.45) is 0 Å². The van der Waals surface area contributed by atoms with Crippen LogP contribution < -0.4 is 28.7 Å². The van der Waals surface area contributed by atoms with Gasteiger partial charge in [-0.3, -0.25) is 19.2 Å². The van der Waals surface area contributed by atoms with Gasteiger partial charge in [0.2, 0.25) is 0 Å². The van der Waals surface area contributed by atoms with E-state index in [1.165, 1.54) is 9.80 Å². The second-order valence-electron chi connectivity index (χ2n) is 23.0. The van der Waals surface area contributed by atoms with Gasteiger partial charge in [0.25, 0.3) is 23.6 Å². The summed E-state index contributed by atoms with van der Waals surface area (Å²) in [6, 6.07) is 37.7. The minimum Gasteiger partial charge on any atom is -0.457 e. The lowest BCUT2D eigenvalue weighted by Gasteiger charge is -2.35. The van der Waals surface area contributed by atoms with Gasteiger partial charge in [-0.25, -0.2) is 9.80 Å². The number of para-hydroxylation sites is 4. The Hall–Kier alpha value is -9.28. The fourth-order valence-corrected chi connectivity index (χ4v) is 12.6. The topological polar surface area (TPSA) is 112 Å². The second kappa shape index (κ2) is 20.4. The van der Waals surface area contributed by atoms with Gasteiger partial charge < -0.3 is 18.9 Å². The Bertz CT molecular complexity index is 3980. The first-order chi connectivity index (χ1) is 39.7. The van der Waals surface area contributed by atoms with Gasteiger partial charge >= 0.3 is 0 Å². The van der Waals surface area contributed by atoms with Crippen molar-refractivity contribution >= 4 is 78.1 Å². The van der Waals surface area contributed by atoms with Crippen molar-refractivity contribution in [3.8, 4) is 34.5 Å². The molecule has 4 amide bonds. The maximum Gasteiger partial charge on any atom is 0.266 e. The molecule has 2 heterocycles. The number of benzene rings is 9. The molecule has 2 aliphatic heterocycles. The summed E-state index contributed by atoms with van der Waals surface area (Å²) in [7, 11) is 0. The number of carbonyl (C=O) groups is 4. The molecular weight excluding hydrogens is 1020 g/mol. The molecule has 0 atom stereocenters. The van der Waals surface area contributed by atoms with E-state index >= 15 is 19.2 Å². The normalized spacial score (nSPS) is 15.2. The number of anilines is 2. The van der Waals surface area contributed by atoms with Crippen LogP contribution in [0.5, 0.6) is 34.5 Å². The molecule has 0 spiro atoms. The van der Waals surface area contributed by atoms with E-state index in [-0.39, 0.29) is 57.4 Å². The Morgan fingerprint density at radius 3 is 0.927 bits per heavy atom. The average Bonchev–Trinajstić information content (AvgIpc) is 1.49. The summed E-state index contributed by atoms with van der Waals surface area (Å²) in [5, 5.41) is 3.65. The van der Waals surface area contributed by atoms with Crippen LogP contribution in [0.2, 0.25) is 0 Å². The first-order valence-corrected chi connectivity index (χ1v) is 28.6. The molecule has 2 aliphatic carbocycles. The van der Waals surface area contributed by atoms with Gasteiger partial charge in [0.15, 0.2) is 0 Å². The number of rotatable bonds is 14.